The Morgan fingerprint density at radius 1 is 0.327 bits per heavy atom. The van der Waals surface area contributed by atoms with Crippen molar-refractivity contribution in [1.82, 2.24) is 13.7 Å². The summed E-state index contributed by atoms with van der Waals surface area (Å²) in [4.78, 5) is 0. The topological polar surface area (TPSA) is 62.4 Å². The van der Waals surface area contributed by atoms with E-state index < -0.39 is 0 Å². The first kappa shape index (κ1) is 30.7. The Morgan fingerprint density at radius 2 is 0.818 bits per heavy atom. The molecule has 5 heteroatoms. The van der Waals surface area contributed by atoms with E-state index in [0.29, 0.717) is 11.1 Å². The van der Waals surface area contributed by atoms with Crippen LogP contribution in [0.15, 0.2) is 176 Å². The summed E-state index contributed by atoms with van der Waals surface area (Å²) >= 11 is 0. The molecule has 0 amide bonds. The molecule has 11 aromatic rings. The van der Waals surface area contributed by atoms with Crippen LogP contribution >= 0.6 is 0 Å². The van der Waals surface area contributed by atoms with Crippen molar-refractivity contribution in [3.63, 3.8) is 0 Å². The minimum atomic E-state index is 0.592. The highest BCUT2D eigenvalue weighted by molar-refractivity contribution is 6.13. The van der Waals surface area contributed by atoms with Crippen LogP contribution in [0.5, 0.6) is 0 Å². The zero-order chi connectivity index (χ0) is 36.6. The molecule has 0 unspecified atom stereocenters. The Bertz CT molecular complexity index is 3420. The van der Waals surface area contributed by atoms with E-state index in [9.17, 15) is 10.5 Å². The minimum absolute atomic E-state index is 0.592. The van der Waals surface area contributed by atoms with Crippen LogP contribution in [0, 0.1) is 22.7 Å². The van der Waals surface area contributed by atoms with Crippen LogP contribution in [-0.4, -0.2) is 13.7 Å². The zero-order valence-electron chi connectivity index (χ0n) is 29.5. The highest BCUT2D eigenvalue weighted by atomic mass is 15.0. The number of hydrogen-bond donors (Lipinski definition) is 0. The molecule has 0 aliphatic rings. The molecule has 0 aliphatic carbocycles. The van der Waals surface area contributed by atoms with Gasteiger partial charge in [0.25, 0.3) is 0 Å². The molecular formula is C50H29N5. The maximum Gasteiger partial charge on any atom is 0.0992 e. The minimum Gasteiger partial charge on any atom is -0.309 e. The van der Waals surface area contributed by atoms with Gasteiger partial charge in [0.1, 0.15) is 0 Å². The predicted octanol–water partition coefficient (Wildman–Crippen LogP) is 12.4. The summed E-state index contributed by atoms with van der Waals surface area (Å²) in [6.45, 7) is 0. The second-order valence-electron chi connectivity index (χ2n) is 14.0. The lowest BCUT2D eigenvalue weighted by Gasteiger charge is -2.16. The highest BCUT2D eigenvalue weighted by Crippen LogP contribution is 2.40. The van der Waals surface area contributed by atoms with Crippen molar-refractivity contribution in [1.29, 1.82) is 10.5 Å². The fraction of sp³-hybridized carbons (Fsp3) is 0. The number of rotatable bonds is 4. The van der Waals surface area contributed by atoms with Gasteiger partial charge in [0.15, 0.2) is 0 Å². The fourth-order valence-corrected chi connectivity index (χ4v) is 8.72. The number of para-hydroxylation sites is 4. The molecule has 0 saturated carbocycles. The Kier molecular flexibility index (Phi) is 6.61. The normalized spacial score (nSPS) is 11.6. The number of nitrogens with zero attached hydrogens (tertiary/aromatic N) is 5. The second-order valence-corrected chi connectivity index (χ2v) is 14.0. The van der Waals surface area contributed by atoms with Gasteiger partial charge in [0.05, 0.1) is 62.1 Å². The van der Waals surface area contributed by atoms with E-state index in [1.54, 1.807) is 0 Å². The van der Waals surface area contributed by atoms with Crippen molar-refractivity contribution >= 4 is 65.4 Å². The molecule has 55 heavy (non-hydrogen) atoms. The number of benzene rings is 8. The zero-order valence-corrected chi connectivity index (χ0v) is 29.5. The van der Waals surface area contributed by atoms with E-state index in [-0.39, 0.29) is 0 Å². The molecule has 0 aliphatic heterocycles. The molecule has 0 saturated heterocycles. The predicted molar refractivity (Wildman–Crippen MR) is 224 cm³/mol. The largest absolute Gasteiger partial charge is 0.309 e. The van der Waals surface area contributed by atoms with Crippen LogP contribution < -0.4 is 0 Å². The van der Waals surface area contributed by atoms with Crippen LogP contribution in [0.25, 0.3) is 93.6 Å². The highest BCUT2D eigenvalue weighted by Gasteiger charge is 2.20. The molecule has 0 N–H and O–H groups in total. The van der Waals surface area contributed by atoms with Crippen molar-refractivity contribution in [2.75, 3.05) is 0 Å². The lowest BCUT2D eigenvalue weighted by molar-refractivity contribution is 1.16. The summed E-state index contributed by atoms with van der Waals surface area (Å²) in [6, 6.07) is 66.0. The number of nitriles is 2. The molecule has 0 radical (unpaired) electrons. The van der Waals surface area contributed by atoms with E-state index in [4.69, 9.17) is 0 Å². The molecule has 254 valence electrons. The van der Waals surface area contributed by atoms with Crippen molar-refractivity contribution in [2.45, 2.75) is 0 Å². The van der Waals surface area contributed by atoms with Gasteiger partial charge < -0.3 is 13.7 Å². The molecule has 0 bridgehead atoms. The van der Waals surface area contributed by atoms with Gasteiger partial charge in [-0.25, -0.2) is 0 Å². The Labute approximate surface area is 316 Å². The molecule has 8 aromatic carbocycles. The Balaban J connectivity index is 1.15. The molecule has 0 spiro atoms. The van der Waals surface area contributed by atoms with Gasteiger partial charge in [-0.3, -0.25) is 0 Å². The first-order valence-electron chi connectivity index (χ1n) is 18.3. The molecule has 11 rings (SSSR count). The maximum absolute atomic E-state index is 10.2. The van der Waals surface area contributed by atoms with Crippen molar-refractivity contribution in [2.24, 2.45) is 0 Å². The standard InChI is InChI=1S/C50H29N5/c51-30-32-20-23-37(34-10-9-11-35(28-34)54-46-18-7-3-14-40(46)42-24-21-33(31-52)27-50(42)54)49(26-32)55-47-19-8-4-15-41(47)43-29-36(22-25-48(43)55)53-44-16-5-1-12-38(44)39-13-2-6-17-45(39)53/h1-29H. The van der Waals surface area contributed by atoms with Gasteiger partial charge in [-0.15, -0.1) is 0 Å². The fourth-order valence-electron chi connectivity index (χ4n) is 8.72. The first-order valence-corrected chi connectivity index (χ1v) is 18.3. The van der Waals surface area contributed by atoms with Crippen LogP contribution in [0.3, 0.4) is 0 Å². The van der Waals surface area contributed by atoms with Gasteiger partial charge in [0, 0.05) is 49.3 Å². The van der Waals surface area contributed by atoms with E-state index in [2.05, 4.69) is 171 Å². The Hall–Kier alpha value is -7.86. The lowest BCUT2D eigenvalue weighted by Crippen LogP contribution is -2.00. The summed E-state index contributed by atoms with van der Waals surface area (Å²) in [5.41, 5.74) is 12.8. The molecule has 0 fully saturated rings. The lowest BCUT2D eigenvalue weighted by atomic mass is 10.0. The summed E-state index contributed by atoms with van der Waals surface area (Å²) in [7, 11) is 0. The number of hydrogen-bond acceptors (Lipinski definition) is 2. The van der Waals surface area contributed by atoms with Crippen LogP contribution in [0.2, 0.25) is 0 Å². The van der Waals surface area contributed by atoms with E-state index in [1.807, 2.05) is 30.3 Å². The Morgan fingerprint density at radius 3 is 1.45 bits per heavy atom. The molecule has 3 aromatic heterocycles. The van der Waals surface area contributed by atoms with Crippen LogP contribution in [-0.2, 0) is 0 Å². The first-order chi connectivity index (χ1) is 27.2. The van der Waals surface area contributed by atoms with Gasteiger partial charge in [-0.05, 0) is 84.4 Å². The van der Waals surface area contributed by atoms with Gasteiger partial charge in [-0.2, -0.15) is 10.5 Å². The van der Waals surface area contributed by atoms with E-state index in [1.165, 1.54) is 21.8 Å². The monoisotopic (exact) mass is 699 g/mol. The number of fused-ring (bicyclic) bond motifs is 9. The summed E-state index contributed by atoms with van der Waals surface area (Å²) in [5, 5.41) is 27.0. The molecule has 3 heterocycles. The van der Waals surface area contributed by atoms with Gasteiger partial charge in [0.2, 0.25) is 0 Å². The third kappa shape index (κ3) is 4.51. The third-order valence-corrected chi connectivity index (χ3v) is 11.1. The quantitative estimate of drug-likeness (QED) is 0.184. The van der Waals surface area contributed by atoms with Crippen molar-refractivity contribution < 1.29 is 0 Å². The van der Waals surface area contributed by atoms with Crippen LogP contribution in [0.4, 0.5) is 0 Å². The average molecular weight is 700 g/mol. The van der Waals surface area contributed by atoms with Crippen LogP contribution in [0.1, 0.15) is 11.1 Å². The smallest absolute Gasteiger partial charge is 0.0992 e. The summed E-state index contributed by atoms with van der Waals surface area (Å²) in [6.07, 6.45) is 0. The van der Waals surface area contributed by atoms with E-state index in [0.717, 1.165) is 71.8 Å². The van der Waals surface area contributed by atoms with Crippen molar-refractivity contribution in [3.8, 4) is 40.3 Å². The second kappa shape index (κ2) is 11.8. The molecule has 0 atom stereocenters. The molecular weight excluding hydrogens is 671 g/mol. The van der Waals surface area contributed by atoms with Crippen molar-refractivity contribution in [3.05, 3.63) is 187 Å². The SMILES string of the molecule is N#Cc1ccc(-c2cccc(-n3c4ccccc4c4ccc(C#N)cc43)c2)c(-n2c3ccccc3c3cc(-n4c5ccccc5c5ccccc54)ccc32)c1. The molecule has 5 nitrogen and oxygen atoms in total. The maximum atomic E-state index is 10.2. The summed E-state index contributed by atoms with van der Waals surface area (Å²) in [5.74, 6) is 0. The van der Waals surface area contributed by atoms with E-state index >= 15 is 0 Å². The third-order valence-electron chi connectivity index (χ3n) is 11.1. The van der Waals surface area contributed by atoms with Gasteiger partial charge >= 0.3 is 0 Å². The summed E-state index contributed by atoms with van der Waals surface area (Å²) < 4.78 is 6.91. The number of aromatic nitrogens is 3. The van der Waals surface area contributed by atoms with Gasteiger partial charge in [-0.1, -0.05) is 97.1 Å². The average Bonchev–Trinajstić information content (AvgIpc) is 3.88.